The molecule has 18 heavy (non-hydrogen) atoms. The molecule has 1 aliphatic rings. The summed E-state index contributed by atoms with van der Waals surface area (Å²) in [4.78, 5) is 6.87. The smallest absolute Gasteiger partial charge is 0.225 e. The van der Waals surface area contributed by atoms with Crippen molar-refractivity contribution in [2.24, 2.45) is 0 Å². The van der Waals surface area contributed by atoms with Crippen molar-refractivity contribution in [3.63, 3.8) is 0 Å². The quantitative estimate of drug-likeness (QED) is 0.315. The van der Waals surface area contributed by atoms with Crippen LogP contribution in [0, 0.1) is 37.8 Å². The van der Waals surface area contributed by atoms with Crippen molar-refractivity contribution in [3.8, 4) is 24.7 Å². The second-order valence-electron chi connectivity index (χ2n) is 3.73. The van der Waals surface area contributed by atoms with Crippen molar-refractivity contribution >= 4 is 15.9 Å². The Bertz CT molecular complexity index is 435. The predicted octanol–water partition coefficient (Wildman–Crippen LogP) is 4.06. The van der Waals surface area contributed by atoms with Gasteiger partial charge in [0.2, 0.25) is 0 Å². The van der Waals surface area contributed by atoms with E-state index >= 15 is 0 Å². The Morgan fingerprint density at radius 2 is 1.89 bits per heavy atom. The van der Waals surface area contributed by atoms with E-state index in [1.165, 1.54) is 0 Å². The Balaban J connectivity index is 0.000000631. The normalized spacial score (nSPS) is 13.5. The van der Waals surface area contributed by atoms with Gasteiger partial charge in [-0.05, 0) is 25.7 Å². The van der Waals surface area contributed by atoms with E-state index in [2.05, 4.69) is 37.5 Å². The van der Waals surface area contributed by atoms with Gasteiger partial charge in [-0.2, -0.15) is 0 Å². The fourth-order valence-electron chi connectivity index (χ4n) is 1.71. The minimum atomic E-state index is -1.09. The summed E-state index contributed by atoms with van der Waals surface area (Å²) in [6, 6.07) is 0. The molecule has 0 spiro atoms. The van der Waals surface area contributed by atoms with Crippen LogP contribution in [0.25, 0.3) is 9.69 Å². The standard InChI is InChI=1S/C12H12N2.C3H3Br/c1-4-10-12(13-2,14-3)11-8-6-5-7-9-11;1-2-3-4/h1,8H,5-7,9-10H2;1H,3H2. The zero-order valence-corrected chi connectivity index (χ0v) is 11.8. The Kier molecular flexibility index (Phi) is 8.49. The number of allylic oxidation sites excluding steroid dienone is 1. The molecule has 3 heteroatoms. The summed E-state index contributed by atoms with van der Waals surface area (Å²) in [6.07, 6.45) is 16.2. The molecular formula is C15H15BrN2. The lowest BCUT2D eigenvalue weighted by atomic mass is 9.88. The van der Waals surface area contributed by atoms with Crippen molar-refractivity contribution in [1.29, 1.82) is 0 Å². The maximum Gasteiger partial charge on any atom is 0.516 e. The summed E-state index contributed by atoms with van der Waals surface area (Å²) in [5.41, 5.74) is -0.151. The zero-order valence-electron chi connectivity index (χ0n) is 10.2. The third-order valence-corrected chi connectivity index (χ3v) is 2.92. The number of alkyl halides is 1. The zero-order chi connectivity index (χ0) is 13.9. The molecule has 0 aliphatic heterocycles. The van der Waals surface area contributed by atoms with Gasteiger partial charge in [-0.1, -0.05) is 33.8 Å². The van der Waals surface area contributed by atoms with Crippen LogP contribution >= 0.6 is 15.9 Å². The number of hydrogen-bond acceptors (Lipinski definition) is 0. The monoisotopic (exact) mass is 302 g/mol. The lowest BCUT2D eigenvalue weighted by Gasteiger charge is -2.14. The van der Waals surface area contributed by atoms with Gasteiger partial charge in [0.1, 0.15) is 0 Å². The van der Waals surface area contributed by atoms with E-state index in [1.54, 1.807) is 0 Å². The molecule has 0 aromatic carbocycles. The second-order valence-corrected chi connectivity index (χ2v) is 4.29. The molecular weight excluding hydrogens is 288 g/mol. The highest BCUT2D eigenvalue weighted by Gasteiger charge is 2.47. The first kappa shape index (κ1) is 16.3. The van der Waals surface area contributed by atoms with Gasteiger partial charge in [-0.15, -0.1) is 12.8 Å². The molecule has 92 valence electrons. The third kappa shape index (κ3) is 4.67. The van der Waals surface area contributed by atoms with E-state index < -0.39 is 5.66 Å². The lowest BCUT2D eigenvalue weighted by molar-refractivity contribution is 0.612. The Morgan fingerprint density at radius 3 is 2.22 bits per heavy atom. The van der Waals surface area contributed by atoms with Crippen LogP contribution in [0.5, 0.6) is 0 Å². The van der Waals surface area contributed by atoms with Crippen molar-refractivity contribution in [2.75, 3.05) is 5.33 Å². The van der Waals surface area contributed by atoms with Crippen LogP contribution < -0.4 is 0 Å². The summed E-state index contributed by atoms with van der Waals surface area (Å²) >= 11 is 3.01. The third-order valence-electron chi connectivity index (χ3n) is 2.60. The molecule has 0 unspecified atom stereocenters. The van der Waals surface area contributed by atoms with Crippen LogP contribution in [0.2, 0.25) is 0 Å². The molecule has 0 fully saturated rings. The van der Waals surface area contributed by atoms with Crippen molar-refractivity contribution < 1.29 is 0 Å². The molecule has 0 aromatic rings. The van der Waals surface area contributed by atoms with Gasteiger partial charge in [0, 0.05) is 0 Å². The molecule has 0 saturated heterocycles. The molecule has 0 aromatic heterocycles. The number of terminal acetylenes is 2. The molecule has 0 amide bonds. The second kappa shape index (κ2) is 9.36. The van der Waals surface area contributed by atoms with E-state index in [1.807, 2.05) is 6.08 Å². The highest BCUT2D eigenvalue weighted by atomic mass is 79.9. The van der Waals surface area contributed by atoms with E-state index in [9.17, 15) is 0 Å². The van der Waals surface area contributed by atoms with Crippen molar-refractivity contribution in [3.05, 3.63) is 34.5 Å². The van der Waals surface area contributed by atoms with Gasteiger partial charge in [-0.25, -0.2) is 22.8 Å². The van der Waals surface area contributed by atoms with E-state index in [4.69, 9.17) is 26.0 Å². The number of hydrogen-bond donors (Lipinski definition) is 0. The molecule has 2 nitrogen and oxygen atoms in total. The molecule has 0 atom stereocenters. The van der Waals surface area contributed by atoms with Crippen molar-refractivity contribution in [1.82, 2.24) is 0 Å². The predicted molar refractivity (Wildman–Crippen MR) is 78.6 cm³/mol. The number of nitrogens with zero attached hydrogens (tertiary/aromatic N) is 2. The largest absolute Gasteiger partial charge is 0.516 e. The molecule has 0 radical (unpaired) electrons. The number of halogens is 1. The van der Waals surface area contributed by atoms with Crippen molar-refractivity contribution in [2.45, 2.75) is 37.8 Å². The Morgan fingerprint density at radius 1 is 1.28 bits per heavy atom. The Labute approximate surface area is 118 Å². The van der Waals surface area contributed by atoms with Gasteiger partial charge in [-0.3, -0.25) is 0 Å². The number of rotatable bonds is 2. The summed E-state index contributed by atoms with van der Waals surface area (Å²) in [5.74, 6) is 4.79. The van der Waals surface area contributed by atoms with Gasteiger partial charge in [0.05, 0.1) is 10.9 Å². The topological polar surface area (TPSA) is 8.72 Å². The highest BCUT2D eigenvalue weighted by molar-refractivity contribution is 9.09. The Hall–Kier alpha value is -1.68. The first-order valence-corrected chi connectivity index (χ1v) is 6.72. The van der Waals surface area contributed by atoms with E-state index in [-0.39, 0.29) is 6.42 Å². The maximum atomic E-state index is 7.12. The fourth-order valence-corrected chi connectivity index (χ4v) is 1.71. The first-order chi connectivity index (χ1) is 8.70. The minimum Gasteiger partial charge on any atom is -0.225 e. The van der Waals surface area contributed by atoms with Crippen LogP contribution in [-0.4, -0.2) is 11.0 Å². The van der Waals surface area contributed by atoms with Crippen LogP contribution in [0.1, 0.15) is 32.1 Å². The van der Waals surface area contributed by atoms with Gasteiger partial charge in [0.25, 0.3) is 0 Å². The molecule has 0 saturated carbocycles. The summed E-state index contributed by atoms with van der Waals surface area (Å²) in [5, 5.41) is 0.660. The van der Waals surface area contributed by atoms with Crippen LogP contribution in [0.4, 0.5) is 0 Å². The highest BCUT2D eigenvalue weighted by Crippen LogP contribution is 2.34. The molecule has 0 heterocycles. The lowest BCUT2D eigenvalue weighted by Crippen LogP contribution is -2.23. The maximum absolute atomic E-state index is 7.12. The van der Waals surface area contributed by atoms with Crippen LogP contribution in [0.3, 0.4) is 0 Å². The fraction of sp³-hybridized carbons (Fsp3) is 0.467. The van der Waals surface area contributed by atoms with E-state index in [0.29, 0.717) is 5.33 Å². The van der Waals surface area contributed by atoms with E-state index in [0.717, 1.165) is 31.3 Å². The van der Waals surface area contributed by atoms with Gasteiger partial charge in [0.15, 0.2) is 6.42 Å². The average Bonchev–Trinajstić information content (AvgIpc) is 2.46. The molecule has 0 N–H and O–H groups in total. The SMILES string of the molecule is C#CCBr.[C-]#[N+]C(CC#C)([N+]#[C-])C1=CCCCC1. The summed E-state index contributed by atoms with van der Waals surface area (Å²) in [7, 11) is 0. The average molecular weight is 303 g/mol. The minimum absolute atomic E-state index is 0.214. The molecule has 1 rings (SSSR count). The van der Waals surface area contributed by atoms with Crippen LogP contribution in [-0.2, 0) is 0 Å². The molecule has 0 bridgehead atoms. The van der Waals surface area contributed by atoms with Gasteiger partial charge >= 0.3 is 5.66 Å². The summed E-state index contributed by atoms with van der Waals surface area (Å²) in [6.45, 7) is 14.2. The molecule has 1 aliphatic carbocycles. The summed E-state index contributed by atoms with van der Waals surface area (Å²) < 4.78 is 0. The van der Waals surface area contributed by atoms with Gasteiger partial charge < -0.3 is 0 Å². The first-order valence-electron chi connectivity index (χ1n) is 5.60. The van der Waals surface area contributed by atoms with Crippen LogP contribution in [0.15, 0.2) is 11.6 Å².